The van der Waals surface area contributed by atoms with Crippen LogP contribution in [0.1, 0.15) is 68.9 Å². The molecule has 2 heterocycles. The lowest BCUT2D eigenvalue weighted by Crippen LogP contribution is -2.42. The number of nitrogens with zero attached hydrogens (tertiary/aromatic N) is 3. The van der Waals surface area contributed by atoms with Crippen molar-refractivity contribution < 1.29 is 18.7 Å². The van der Waals surface area contributed by atoms with Gasteiger partial charge >= 0.3 is 12.0 Å². The summed E-state index contributed by atoms with van der Waals surface area (Å²) in [6.07, 6.45) is 1.23. The maximum Gasteiger partial charge on any atom is 0.338 e. The lowest BCUT2D eigenvalue weighted by Gasteiger charge is -2.34. The molecule has 4 aromatic rings. The Balaban J connectivity index is 1.30. The van der Waals surface area contributed by atoms with E-state index in [1.165, 1.54) is 0 Å². The number of pyridine rings is 1. The summed E-state index contributed by atoms with van der Waals surface area (Å²) in [4.78, 5) is 17.2. The standard InChI is InChI=1S/C31H36N4O4/c1-18(2)17-37-22-15-24-19(3)12-26(33-27(24)25(16-22)31(4,5)6)28-34-35-30(39-28)32-21-13-23(14-21)38-29(36)20-10-8-7-9-11-20/h7-12,15-16,18,21,23H,13-14,17H2,1-6H3,(H,32,35)/t21-,23+. The number of ether oxygens (including phenoxy) is 2. The van der Waals surface area contributed by atoms with Gasteiger partial charge in [0, 0.05) is 24.3 Å². The van der Waals surface area contributed by atoms with Crippen LogP contribution < -0.4 is 10.1 Å². The number of nitrogens with one attached hydrogen (secondary N) is 1. The van der Waals surface area contributed by atoms with Gasteiger partial charge in [-0.15, -0.1) is 5.10 Å². The minimum absolute atomic E-state index is 0.0925. The fraction of sp³-hybridized carbons (Fsp3) is 0.419. The van der Waals surface area contributed by atoms with Gasteiger partial charge in [-0.3, -0.25) is 0 Å². The van der Waals surface area contributed by atoms with E-state index in [0.29, 0.717) is 48.5 Å². The molecule has 204 valence electrons. The van der Waals surface area contributed by atoms with Gasteiger partial charge in [0.1, 0.15) is 17.5 Å². The number of hydrogen-bond donors (Lipinski definition) is 1. The number of fused-ring (bicyclic) bond motifs is 1. The van der Waals surface area contributed by atoms with E-state index >= 15 is 0 Å². The highest BCUT2D eigenvalue weighted by atomic mass is 16.5. The highest BCUT2D eigenvalue weighted by molar-refractivity contribution is 5.90. The van der Waals surface area contributed by atoms with Crippen LogP contribution in [0.5, 0.6) is 5.75 Å². The maximum absolute atomic E-state index is 12.3. The molecule has 1 aliphatic carbocycles. The van der Waals surface area contributed by atoms with Gasteiger partial charge in [-0.1, -0.05) is 57.9 Å². The van der Waals surface area contributed by atoms with Crippen molar-refractivity contribution in [2.24, 2.45) is 5.92 Å². The van der Waals surface area contributed by atoms with Gasteiger partial charge in [0.05, 0.1) is 17.7 Å². The Morgan fingerprint density at radius 3 is 2.54 bits per heavy atom. The number of aromatic nitrogens is 3. The van der Waals surface area contributed by atoms with Gasteiger partial charge in [0.2, 0.25) is 0 Å². The molecule has 1 N–H and O–H groups in total. The number of esters is 1. The third kappa shape index (κ3) is 6.05. The van der Waals surface area contributed by atoms with E-state index in [4.69, 9.17) is 18.9 Å². The van der Waals surface area contributed by atoms with E-state index in [1.54, 1.807) is 12.1 Å². The Bertz CT molecular complexity index is 1470. The maximum atomic E-state index is 12.3. The van der Waals surface area contributed by atoms with Crippen LogP contribution in [0.3, 0.4) is 0 Å². The van der Waals surface area contributed by atoms with Crippen LogP contribution in [-0.2, 0) is 10.2 Å². The minimum Gasteiger partial charge on any atom is -0.493 e. The van der Waals surface area contributed by atoms with Crippen LogP contribution in [0.2, 0.25) is 0 Å². The molecule has 1 aliphatic rings. The van der Waals surface area contributed by atoms with Crippen LogP contribution in [0.15, 0.2) is 52.9 Å². The number of hydrogen-bond acceptors (Lipinski definition) is 8. The molecule has 8 heteroatoms. The fourth-order valence-corrected chi connectivity index (χ4v) is 4.63. The summed E-state index contributed by atoms with van der Waals surface area (Å²) in [5.74, 6) is 1.35. The Hall–Kier alpha value is -3.94. The van der Waals surface area contributed by atoms with Crippen LogP contribution in [-0.4, -0.2) is 39.9 Å². The fourth-order valence-electron chi connectivity index (χ4n) is 4.63. The van der Waals surface area contributed by atoms with Gasteiger partial charge in [0.15, 0.2) is 0 Å². The first kappa shape index (κ1) is 26.7. The third-order valence-electron chi connectivity index (χ3n) is 6.83. The molecule has 39 heavy (non-hydrogen) atoms. The Labute approximate surface area is 229 Å². The Morgan fingerprint density at radius 1 is 1.10 bits per heavy atom. The van der Waals surface area contributed by atoms with Gasteiger partial charge in [-0.2, -0.15) is 0 Å². The molecule has 0 aliphatic heterocycles. The average Bonchev–Trinajstić information content (AvgIpc) is 3.34. The molecule has 0 saturated heterocycles. The molecular weight excluding hydrogens is 492 g/mol. The molecule has 0 unspecified atom stereocenters. The molecule has 0 spiro atoms. The van der Waals surface area contributed by atoms with Crippen molar-refractivity contribution in [1.29, 1.82) is 0 Å². The zero-order valence-electron chi connectivity index (χ0n) is 23.4. The van der Waals surface area contributed by atoms with Crippen molar-refractivity contribution in [3.8, 4) is 17.3 Å². The highest BCUT2D eigenvalue weighted by Crippen LogP contribution is 2.36. The predicted octanol–water partition coefficient (Wildman–Crippen LogP) is 6.73. The minimum atomic E-state index is -0.301. The topological polar surface area (TPSA) is 99.4 Å². The van der Waals surface area contributed by atoms with E-state index in [-0.39, 0.29) is 23.5 Å². The summed E-state index contributed by atoms with van der Waals surface area (Å²) in [5, 5.41) is 12.8. The van der Waals surface area contributed by atoms with Crippen molar-refractivity contribution in [1.82, 2.24) is 15.2 Å². The van der Waals surface area contributed by atoms with Crippen LogP contribution in [0.4, 0.5) is 6.01 Å². The summed E-state index contributed by atoms with van der Waals surface area (Å²) in [7, 11) is 0. The average molecular weight is 529 g/mol. The first-order chi connectivity index (χ1) is 18.6. The molecule has 8 nitrogen and oxygen atoms in total. The molecule has 0 atom stereocenters. The van der Waals surface area contributed by atoms with Crippen molar-refractivity contribution in [2.45, 2.75) is 71.9 Å². The monoisotopic (exact) mass is 528 g/mol. The molecule has 1 saturated carbocycles. The van der Waals surface area contributed by atoms with Crippen LogP contribution in [0.25, 0.3) is 22.5 Å². The Morgan fingerprint density at radius 2 is 1.85 bits per heavy atom. The lowest BCUT2D eigenvalue weighted by atomic mass is 9.84. The normalized spacial score (nSPS) is 17.2. The number of rotatable bonds is 8. The number of carbonyl (C=O) groups excluding carboxylic acids is 1. The van der Waals surface area contributed by atoms with Crippen molar-refractivity contribution in [2.75, 3.05) is 11.9 Å². The molecule has 5 rings (SSSR count). The number of benzene rings is 2. The second kappa shape index (κ2) is 10.7. The second-order valence-electron chi connectivity index (χ2n) is 11.8. The molecule has 2 aromatic carbocycles. The SMILES string of the molecule is Cc1cc(-c2nnc(N[C@H]3C[C@@H](OC(=O)c4ccccc4)C3)o2)nc2c(C(C)(C)C)cc(OCC(C)C)cc12. The zero-order valence-corrected chi connectivity index (χ0v) is 23.4. The molecule has 2 aromatic heterocycles. The van der Waals surface area contributed by atoms with Crippen LogP contribution >= 0.6 is 0 Å². The Kier molecular flexibility index (Phi) is 7.30. The summed E-state index contributed by atoms with van der Waals surface area (Å²) in [5.41, 5.74) is 4.12. The highest BCUT2D eigenvalue weighted by Gasteiger charge is 2.33. The molecule has 1 fully saturated rings. The third-order valence-corrected chi connectivity index (χ3v) is 6.83. The summed E-state index contributed by atoms with van der Waals surface area (Å²) in [6.45, 7) is 13.5. The first-order valence-corrected chi connectivity index (χ1v) is 13.5. The van der Waals surface area contributed by atoms with Gasteiger partial charge in [-0.05, 0) is 59.7 Å². The second-order valence-corrected chi connectivity index (χ2v) is 11.8. The number of carbonyl (C=O) groups is 1. The lowest BCUT2D eigenvalue weighted by molar-refractivity contribution is 0.00528. The molecule has 0 radical (unpaired) electrons. The number of aryl methyl sites for hydroxylation is 1. The van der Waals surface area contributed by atoms with Crippen molar-refractivity contribution >= 4 is 22.9 Å². The number of anilines is 1. The van der Waals surface area contributed by atoms with E-state index in [9.17, 15) is 4.79 Å². The molecule has 0 bridgehead atoms. The molecular formula is C31H36N4O4. The van der Waals surface area contributed by atoms with Gasteiger partial charge in [0.25, 0.3) is 5.89 Å². The smallest absolute Gasteiger partial charge is 0.338 e. The van der Waals surface area contributed by atoms with Crippen molar-refractivity contribution in [3.63, 3.8) is 0 Å². The summed E-state index contributed by atoms with van der Waals surface area (Å²) in [6, 6.07) is 15.6. The zero-order chi connectivity index (χ0) is 27.7. The molecule has 0 amide bonds. The van der Waals surface area contributed by atoms with Gasteiger partial charge < -0.3 is 19.2 Å². The quantitative estimate of drug-likeness (QED) is 0.251. The largest absolute Gasteiger partial charge is 0.493 e. The predicted molar refractivity (Wildman–Crippen MR) is 151 cm³/mol. The van der Waals surface area contributed by atoms with E-state index in [1.807, 2.05) is 24.3 Å². The van der Waals surface area contributed by atoms with Crippen LogP contribution in [0, 0.1) is 12.8 Å². The van der Waals surface area contributed by atoms with Crippen molar-refractivity contribution in [3.05, 3.63) is 65.2 Å². The van der Waals surface area contributed by atoms with Gasteiger partial charge in [-0.25, -0.2) is 9.78 Å². The first-order valence-electron chi connectivity index (χ1n) is 13.5. The summed E-state index contributed by atoms with van der Waals surface area (Å²) >= 11 is 0. The van der Waals surface area contributed by atoms with E-state index in [0.717, 1.165) is 27.8 Å². The van der Waals surface area contributed by atoms with E-state index in [2.05, 4.69) is 69.2 Å². The summed E-state index contributed by atoms with van der Waals surface area (Å²) < 4.78 is 17.6. The van der Waals surface area contributed by atoms with E-state index < -0.39 is 0 Å².